The lowest BCUT2D eigenvalue weighted by Crippen LogP contribution is -2.43. The van der Waals surface area contributed by atoms with E-state index in [2.05, 4.69) is 26.5 Å². The molecular weight excluding hydrogens is 276 g/mol. The zero-order valence-electron chi connectivity index (χ0n) is 13.3. The Morgan fingerprint density at radius 3 is 1.55 bits per heavy atom. The molecule has 2 aliphatic heterocycles. The maximum absolute atomic E-state index is 6.19. The quantitative estimate of drug-likeness (QED) is 0.570. The van der Waals surface area contributed by atoms with Gasteiger partial charge in [0.05, 0.1) is 0 Å². The molecule has 0 saturated carbocycles. The Morgan fingerprint density at radius 2 is 1.14 bits per heavy atom. The second-order valence-corrected chi connectivity index (χ2v) is 6.30. The average molecular weight is 304 g/mol. The van der Waals surface area contributed by atoms with Crippen LogP contribution in [0.5, 0.6) is 0 Å². The third-order valence-corrected chi connectivity index (χ3v) is 4.61. The summed E-state index contributed by atoms with van der Waals surface area (Å²) in [6.45, 7) is 10.4. The lowest BCUT2D eigenvalue weighted by molar-refractivity contribution is 0.230. The van der Waals surface area contributed by atoms with Gasteiger partial charge in [-0.25, -0.2) is 0 Å². The number of piperazine rings is 2. The van der Waals surface area contributed by atoms with Crippen LogP contribution in [0.2, 0.25) is 0 Å². The van der Waals surface area contributed by atoms with Crippen molar-refractivity contribution in [2.45, 2.75) is 13.1 Å². The third kappa shape index (κ3) is 3.89. The maximum Gasteiger partial charge on any atom is 0.0380 e. The molecule has 6 nitrogen and oxygen atoms in total. The minimum absolute atomic E-state index is 0.820. The summed E-state index contributed by atoms with van der Waals surface area (Å²) in [6.07, 6.45) is 0. The second kappa shape index (κ2) is 7.28. The summed E-state index contributed by atoms with van der Waals surface area (Å²) in [6, 6.07) is 4.16. The van der Waals surface area contributed by atoms with Gasteiger partial charge in [-0.3, -0.25) is 9.80 Å². The highest BCUT2D eigenvalue weighted by molar-refractivity contribution is 5.61. The van der Waals surface area contributed by atoms with Crippen LogP contribution in [0.15, 0.2) is 12.1 Å². The van der Waals surface area contributed by atoms with Crippen LogP contribution < -0.4 is 22.1 Å². The van der Waals surface area contributed by atoms with Crippen molar-refractivity contribution in [3.05, 3.63) is 23.3 Å². The van der Waals surface area contributed by atoms with Gasteiger partial charge in [0.25, 0.3) is 0 Å². The molecule has 2 heterocycles. The number of nitrogens with one attached hydrogen (secondary N) is 2. The first-order chi connectivity index (χ1) is 10.7. The molecule has 2 saturated heterocycles. The van der Waals surface area contributed by atoms with Crippen molar-refractivity contribution in [2.24, 2.45) is 0 Å². The van der Waals surface area contributed by atoms with Crippen LogP contribution in [0, 0.1) is 0 Å². The van der Waals surface area contributed by atoms with Crippen LogP contribution in [-0.2, 0) is 13.1 Å². The molecule has 0 aliphatic carbocycles. The molecule has 6 heteroatoms. The van der Waals surface area contributed by atoms with Gasteiger partial charge in [0.1, 0.15) is 0 Å². The first-order valence-corrected chi connectivity index (χ1v) is 8.25. The van der Waals surface area contributed by atoms with Crippen LogP contribution in [0.3, 0.4) is 0 Å². The summed E-state index contributed by atoms with van der Waals surface area (Å²) in [5, 5.41) is 6.77. The molecule has 1 aromatic carbocycles. The van der Waals surface area contributed by atoms with Crippen LogP contribution in [-0.4, -0.2) is 62.2 Å². The van der Waals surface area contributed by atoms with Gasteiger partial charge >= 0.3 is 0 Å². The van der Waals surface area contributed by atoms with Gasteiger partial charge in [0.2, 0.25) is 0 Å². The van der Waals surface area contributed by atoms with Gasteiger partial charge in [-0.15, -0.1) is 0 Å². The Hall–Kier alpha value is -1.34. The van der Waals surface area contributed by atoms with Crippen LogP contribution in [0.1, 0.15) is 11.1 Å². The van der Waals surface area contributed by atoms with E-state index in [-0.39, 0.29) is 0 Å². The Morgan fingerprint density at radius 1 is 0.727 bits per heavy atom. The summed E-state index contributed by atoms with van der Waals surface area (Å²) >= 11 is 0. The summed E-state index contributed by atoms with van der Waals surface area (Å²) in [4.78, 5) is 4.90. The van der Waals surface area contributed by atoms with Crippen LogP contribution in [0.25, 0.3) is 0 Å². The molecule has 0 radical (unpaired) electrons. The Kier molecular flexibility index (Phi) is 5.15. The predicted molar refractivity (Wildman–Crippen MR) is 91.6 cm³/mol. The molecular formula is C16H28N6. The van der Waals surface area contributed by atoms with Gasteiger partial charge in [0, 0.05) is 76.8 Å². The number of nitrogen functional groups attached to an aromatic ring is 2. The largest absolute Gasteiger partial charge is 0.398 e. The Bertz CT molecular complexity index is 450. The van der Waals surface area contributed by atoms with Crippen molar-refractivity contribution in [3.8, 4) is 0 Å². The molecule has 0 atom stereocenters. The Labute approximate surface area is 132 Å². The number of benzene rings is 1. The lowest BCUT2D eigenvalue weighted by atomic mass is 10.0. The molecule has 6 N–H and O–H groups in total. The van der Waals surface area contributed by atoms with Gasteiger partial charge < -0.3 is 22.1 Å². The number of anilines is 2. The van der Waals surface area contributed by atoms with Crippen molar-refractivity contribution in [3.63, 3.8) is 0 Å². The molecule has 1 aromatic rings. The van der Waals surface area contributed by atoms with E-state index in [0.29, 0.717) is 0 Å². The van der Waals surface area contributed by atoms with E-state index in [1.54, 1.807) is 0 Å². The molecule has 2 aliphatic rings. The van der Waals surface area contributed by atoms with Crippen LogP contribution in [0.4, 0.5) is 11.4 Å². The molecule has 0 aromatic heterocycles. The first-order valence-electron chi connectivity index (χ1n) is 8.25. The van der Waals surface area contributed by atoms with E-state index in [9.17, 15) is 0 Å². The molecule has 0 bridgehead atoms. The normalized spacial score (nSPS) is 21.1. The van der Waals surface area contributed by atoms with E-state index >= 15 is 0 Å². The van der Waals surface area contributed by atoms with Crippen molar-refractivity contribution in [2.75, 3.05) is 63.8 Å². The lowest BCUT2D eigenvalue weighted by Gasteiger charge is -2.29. The highest BCUT2D eigenvalue weighted by Crippen LogP contribution is 2.24. The van der Waals surface area contributed by atoms with E-state index in [4.69, 9.17) is 11.5 Å². The van der Waals surface area contributed by atoms with Crippen molar-refractivity contribution in [1.82, 2.24) is 20.4 Å². The number of rotatable bonds is 4. The molecule has 122 valence electrons. The highest BCUT2D eigenvalue weighted by atomic mass is 15.2. The fraction of sp³-hybridized carbons (Fsp3) is 0.625. The molecule has 2 fully saturated rings. The number of hydrogen-bond acceptors (Lipinski definition) is 6. The maximum atomic E-state index is 6.19. The van der Waals surface area contributed by atoms with E-state index < -0.39 is 0 Å². The summed E-state index contributed by atoms with van der Waals surface area (Å²) in [5.74, 6) is 0. The number of nitrogens with two attached hydrogens (primary N) is 2. The zero-order valence-corrected chi connectivity index (χ0v) is 13.3. The monoisotopic (exact) mass is 304 g/mol. The standard InChI is InChI=1S/C16H28N6/c17-15-10-16(18)14(12-22-7-3-20-4-8-22)9-13(15)11-21-5-1-19-2-6-21/h9-10,19-20H,1-8,11-12,17-18H2. The number of nitrogens with zero attached hydrogens (tertiary/aromatic N) is 2. The molecule has 0 spiro atoms. The zero-order chi connectivity index (χ0) is 15.4. The molecule has 22 heavy (non-hydrogen) atoms. The Balaban J connectivity index is 1.70. The minimum Gasteiger partial charge on any atom is -0.398 e. The van der Waals surface area contributed by atoms with Gasteiger partial charge in [-0.2, -0.15) is 0 Å². The summed E-state index contributed by atoms with van der Waals surface area (Å²) in [5.41, 5.74) is 16.4. The van der Waals surface area contributed by atoms with Crippen molar-refractivity contribution < 1.29 is 0 Å². The van der Waals surface area contributed by atoms with E-state index in [1.807, 2.05) is 6.07 Å². The van der Waals surface area contributed by atoms with E-state index in [0.717, 1.165) is 76.8 Å². The highest BCUT2D eigenvalue weighted by Gasteiger charge is 2.15. The third-order valence-electron chi connectivity index (χ3n) is 4.61. The van der Waals surface area contributed by atoms with E-state index in [1.165, 1.54) is 11.1 Å². The molecule has 3 rings (SSSR count). The number of hydrogen-bond donors (Lipinski definition) is 4. The van der Waals surface area contributed by atoms with Gasteiger partial charge in [0.15, 0.2) is 0 Å². The minimum atomic E-state index is 0.820. The van der Waals surface area contributed by atoms with Gasteiger partial charge in [-0.1, -0.05) is 0 Å². The predicted octanol–water partition coefficient (Wildman–Crippen LogP) is -0.339. The summed E-state index contributed by atoms with van der Waals surface area (Å²) < 4.78 is 0. The fourth-order valence-corrected chi connectivity index (χ4v) is 3.22. The van der Waals surface area contributed by atoms with Crippen molar-refractivity contribution >= 4 is 11.4 Å². The topological polar surface area (TPSA) is 82.6 Å². The fourth-order valence-electron chi connectivity index (χ4n) is 3.22. The van der Waals surface area contributed by atoms with Crippen molar-refractivity contribution in [1.29, 1.82) is 0 Å². The SMILES string of the molecule is Nc1cc(N)c(CN2CCNCC2)cc1CN1CCNCC1. The molecule has 0 unspecified atom stereocenters. The second-order valence-electron chi connectivity index (χ2n) is 6.30. The first kappa shape index (κ1) is 15.6. The molecule has 0 amide bonds. The average Bonchev–Trinajstić information content (AvgIpc) is 2.54. The smallest absolute Gasteiger partial charge is 0.0380 e. The summed E-state index contributed by atoms with van der Waals surface area (Å²) in [7, 11) is 0. The van der Waals surface area contributed by atoms with Crippen LogP contribution >= 0.6 is 0 Å². The van der Waals surface area contributed by atoms with Gasteiger partial charge in [-0.05, 0) is 23.3 Å².